The molecular weight excluding hydrogens is 242 g/mol. The fraction of sp³-hybridized carbons (Fsp3) is 0.727. The number of carboxylic acids is 1. The van der Waals surface area contributed by atoms with Gasteiger partial charge in [0.05, 0.1) is 7.11 Å². The lowest BCUT2D eigenvalue weighted by Crippen LogP contribution is -2.45. The lowest BCUT2D eigenvalue weighted by atomic mass is 10.1. The molecule has 18 heavy (non-hydrogen) atoms. The number of hydrogen-bond acceptors (Lipinski definition) is 5. The third-order valence-corrected chi connectivity index (χ3v) is 2.70. The largest absolute Gasteiger partial charge is 0.480 e. The molecule has 0 aliphatic carbocycles. The van der Waals surface area contributed by atoms with Crippen molar-refractivity contribution in [2.24, 2.45) is 0 Å². The van der Waals surface area contributed by atoms with Crippen molar-refractivity contribution < 1.29 is 29.0 Å². The van der Waals surface area contributed by atoms with Gasteiger partial charge in [-0.2, -0.15) is 0 Å². The summed E-state index contributed by atoms with van der Waals surface area (Å²) in [5.41, 5.74) is 0. The second-order valence-electron chi connectivity index (χ2n) is 4.02. The van der Waals surface area contributed by atoms with Crippen molar-refractivity contribution in [2.75, 3.05) is 13.7 Å². The second-order valence-corrected chi connectivity index (χ2v) is 4.02. The zero-order valence-electron chi connectivity index (χ0n) is 10.2. The first-order valence-corrected chi connectivity index (χ1v) is 5.76. The number of ether oxygens (including phenoxy) is 2. The van der Waals surface area contributed by atoms with Crippen LogP contribution in [-0.4, -0.2) is 48.8 Å². The normalized spacial score (nSPS) is 20.2. The van der Waals surface area contributed by atoms with Crippen LogP contribution < -0.4 is 5.32 Å². The molecule has 0 bridgehead atoms. The van der Waals surface area contributed by atoms with Crippen molar-refractivity contribution in [3.8, 4) is 0 Å². The van der Waals surface area contributed by atoms with Crippen LogP contribution in [0.1, 0.15) is 25.7 Å². The van der Waals surface area contributed by atoms with Crippen molar-refractivity contribution >= 4 is 17.8 Å². The van der Waals surface area contributed by atoms with E-state index in [-0.39, 0.29) is 12.8 Å². The average molecular weight is 259 g/mol. The third-order valence-electron chi connectivity index (χ3n) is 2.70. The van der Waals surface area contributed by atoms with Gasteiger partial charge in [-0.05, 0) is 19.3 Å². The Hall–Kier alpha value is -1.63. The SMILES string of the molecule is COC(=O)CCC(NC(=O)C1CCCO1)C(=O)O. The van der Waals surface area contributed by atoms with Gasteiger partial charge >= 0.3 is 11.9 Å². The van der Waals surface area contributed by atoms with Crippen LogP contribution in [0.4, 0.5) is 0 Å². The number of carboxylic acid groups (broad SMARTS) is 1. The van der Waals surface area contributed by atoms with Crippen LogP contribution in [-0.2, 0) is 23.9 Å². The van der Waals surface area contributed by atoms with E-state index >= 15 is 0 Å². The number of methoxy groups -OCH3 is 1. The number of carbonyl (C=O) groups is 3. The maximum atomic E-state index is 11.7. The molecule has 1 saturated heterocycles. The van der Waals surface area contributed by atoms with Crippen LogP contribution in [0.3, 0.4) is 0 Å². The van der Waals surface area contributed by atoms with Crippen LogP contribution in [0, 0.1) is 0 Å². The van der Waals surface area contributed by atoms with E-state index in [1.807, 2.05) is 0 Å². The summed E-state index contributed by atoms with van der Waals surface area (Å²) in [4.78, 5) is 33.5. The number of carbonyl (C=O) groups excluding carboxylic acids is 2. The van der Waals surface area contributed by atoms with Crippen molar-refractivity contribution in [3.05, 3.63) is 0 Å². The molecule has 1 fully saturated rings. The Labute approximate surface area is 104 Å². The highest BCUT2D eigenvalue weighted by molar-refractivity contribution is 5.86. The number of rotatable bonds is 6. The number of amides is 1. The predicted octanol–water partition coefficient (Wildman–Crippen LogP) is -0.312. The van der Waals surface area contributed by atoms with E-state index in [0.29, 0.717) is 13.0 Å². The molecule has 1 rings (SSSR count). The van der Waals surface area contributed by atoms with Crippen molar-refractivity contribution in [3.63, 3.8) is 0 Å². The van der Waals surface area contributed by atoms with E-state index < -0.39 is 30.0 Å². The van der Waals surface area contributed by atoms with E-state index in [2.05, 4.69) is 10.1 Å². The highest BCUT2D eigenvalue weighted by Gasteiger charge is 2.28. The van der Waals surface area contributed by atoms with Crippen molar-refractivity contribution in [1.29, 1.82) is 0 Å². The molecule has 1 aliphatic rings. The molecule has 1 aliphatic heterocycles. The lowest BCUT2D eigenvalue weighted by molar-refractivity contribution is -0.145. The fourth-order valence-electron chi connectivity index (χ4n) is 1.67. The van der Waals surface area contributed by atoms with E-state index in [1.54, 1.807) is 0 Å². The van der Waals surface area contributed by atoms with E-state index in [4.69, 9.17) is 9.84 Å². The van der Waals surface area contributed by atoms with Gasteiger partial charge in [0, 0.05) is 13.0 Å². The topological polar surface area (TPSA) is 102 Å². The minimum Gasteiger partial charge on any atom is -0.480 e. The zero-order valence-corrected chi connectivity index (χ0v) is 10.2. The van der Waals surface area contributed by atoms with Crippen LogP contribution in [0.2, 0.25) is 0 Å². The van der Waals surface area contributed by atoms with Crippen molar-refractivity contribution in [2.45, 2.75) is 37.8 Å². The average Bonchev–Trinajstić information content (AvgIpc) is 2.87. The van der Waals surface area contributed by atoms with Gasteiger partial charge in [-0.1, -0.05) is 0 Å². The smallest absolute Gasteiger partial charge is 0.326 e. The highest BCUT2D eigenvalue weighted by atomic mass is 16.5. The van der Waals surface area contributed by atoms with E-state index in [0.717, 1.165) is 6.42 Å². The zero-order chi connectivity index (χ0) is 13.5. The highest BCUT2D eigenvalue weighted by Crippen LogP contribution is 2.12. The summed E-state index contributed by atoms with van der Waals surface area (Å²) in [5, 5.41) is 11.3. The summed E-state index contributed by atoms with van der Waals surface area (Å²) in [6, 6.07) is -1.10. The van der Waals surface area contributed by atoms with Gasteiger partial charge in [-0.25, -0.2) is 4.79 Å². The maximum Gasteiger partial charge on any atom is 0.326 e. The number of esters is 1. The molecule has 0 saturated carbocycles. The number of nitrogens with one attached hydrogen (secondary N) is 1. The van der Waals surface area contributed by atoms with Crippen LogP contribution in [0.25, 0.3) is 0 Å². The van der Waals surface area contributed by atoms with Gasteiger partial charge in [0.1, 0.15) is 12.1 Å². The van der Waals surface area contributed by atoms with Gasteiger partial charge in [0.25, 0.3) is 0 Å². The molecule has 0 aromatic carbocycles. The van der Waals surface area contributed by atoms with Crippen LogP contribution in [0.5, 0.6) is 0 Å². The summed E-state index contributed by atoms with van der Waals surface area (Å²) < 4.78 is 9.56. The standard InChI is InChI=1S/C11H17NO6/c1-17-9(13)5-4-7(11(15)16)12-10(14)8-3-2-6-18-8/h7-8H,2-6H2,1H3,(H,12,14)(H,15,16). The Morgan fingerprint density at radius 3 is 2.72 bits per heavy atom. The van der Waals surface area contributed by atoms with E-state index in [1.165, 1.54) is 7.11 Å². The molecule has 0 aromatic heterocycles. The summed E-state index contributed by atoms with van der Waals surface area (Å²) in [6.07, 6.45) is 0.748. The molecule has 0 radical (unpaired) electrons. The Kier molecular flexibility index (Phi) is 5.57. The monoisotopic (exact) mass is 259 g/mol. The first-order valence-electron chi connectivity index (χ1n) is 5.76. The van der Waals surface area contributed by atoms with Gasteiger partial charge in [-0.3, -0.25) is 9.59 Å². The molecule has 0 spiro atoms. The molecule has 2 N–H and O–H groups in total. The minimum absolute atomic E-state index is 0.000463. The predicted molar refractivity (Wildman–Crippen MR) is 59.8 cm³/mol. The molecule has 2 unspecified atom stereocenters. The Balaban J connectivity index is 2.44. The maximum absolute atomic E-state index is 11.7. The molecule has 102 valence electrons. The number of hydrogen-bond donors (Lipinski definition) is 2. The van der Waals surface area contributed by atoms with Crippen molar-refractivity contribution in [1.82, 2.24) is 5.32 Å². The molecule has 0 aromatic rings. The first kappa shape index (κ1) is 14.4. The van der Waals surface area contributed by atoms with Crippen LogP contribution in [0.15, 0.2) is 0 Å². The first-order chi connectivity index (χ1) is 8.54. The van der Waals surface area contributed by atoms with Gasteiger partial charge < -0.3 is 19.9 Å². The summed E-state index contributed by atoms with van der Waals surface area (Å²) in [5.74, 6) is -2.12. The molecule has 7 nitrogen and oxygen atoms in total. The van der Waals surface area contributed by atoms with Gasteiger partial charge in [0.15, 0.2) is 0 Å². The lowest BCUT2D eigenvalue weighted by Gasteiger charge is -2.16. The third kappa shape index (κ3) is 4.33. The Morgan fingerprint density at radius 2 is 2.22 bits per heavy atom. The van der Waals surface area contributed by atoms with Crippen LogP contribution >= 0.6 is 0 Å². The fourth-order valence-corrected chi connectivity index (χ4v) is 1.67. The molecule has 2 atom stereocenters. The number of aliphatic carboxylic acids is 1. The Morgan fingerprint density at radius 1 is 1.50 bits per heavy atom. The van der Waals surface area contributed by atoms with E-state index in [9.17, 15) is 14.4 Å². The summed E-state index contributed by atoms with van der Waals surface area (Å²) in [6.45, 7) is 0.512. The molecular formula is C11H17NO6. The summed E-state index contributed by atoms with van der Waals surface area (Å²) >= 11 is 0. The Bertz CT molecular complexity index is 323. The van der Waals surface area contributed by atoms with Gasteiger partial charge in [-0.15, -0.1) is 0 Å². The molecule has 1 amide bonds. The summed E-state index contributed by atoms with van der Waals surface area (Å²) in [7, 11) is 1.23. The molecule has 7 heteroatoms. The molecule has 1 heterocycles. The minimum atomic E-state index is -1.18. The quantitative estimate of drug-likeness (QED) is 0.634. The van der Waals surface area contributed by atoms with Gasteiger partial charge in [0.2, 0.25) is 5.91 Å². The second kappa shape index (κ2) is 6.95.